The van der Waals surface area contributed by atoms with Crippen molar-refractivity contribution in [2.24, 2.45) is 0 Å². The molecule has 0 aliphatic heterocycles. The summed E-state index contributed by atoms with van der Waals surface area (Å²) in [5.74, 6) is 0.197. The van der Waals surface area contributed by atoms with Crippen molar-refractivity contribution in [1.82, 2.24) is 10.2 Å². The molecule has 0 heterocycles. The zero-order chi connectivity index (χ0) is 24.8. The molecule has 0 unspecified atom stereocenters. The maximum atomic E-state index is 13.3. The molecule has 2 atom stereocenters. The van der Waals surface area contributed by atoms with Crippen LogP contribution in [0.15, 0.2) is 46.9 Å². The van der Waals surface area contributed by atoms with Gasteiger partial charge in [0, 0.05) is 12.6 Å². The van der Waals surface area contributed by atoms with Crippen LogP contribution in [-0.4, -0.2) is 35.4 Å². The standard InChI is InChI=1S/C27H37BrN2O3/c1-8-19(3)29-26(32)20(4)30(16-21-12-10-9-11-18(21)2)25(31)17-33-24-14-13-22(15-23(24)28)27(5,6)7/h9-15,19-20H,8,16-17H2,1-7H3,(H,29,32)/t19-,20+/m0/s1. The lowest BCUT2D eigenvalue weighted by Gasteiger charge is -2.30. The largest absolute Gasteiger partial charge is 0.483 e. The molecule has 2 aromatic rings. The van der Waals surface area contributed by atoms with Crippen LogP contribution in [0.3, 0.4) is 0 Å². The van der Waals surface area contributed by atoms with Gasteiger partial charge in [-0.15, -0.1) is 0 Å². The molecule has 0 saturated heterocycles. The van der Waals surface area contributed by atoms with Crippen LogP contribution in [0.5, 0.6) is 5.75 Å². The molecule has 180 valence electrons. The van der Waals surface area contributed by atoms with Crippen molar-refractivity contribution >= 4 is 27.7 Å². The fourth-order valence-electron chi connectivity index (χ4n) is 3.33. The molecule has 2 aromatic carbocycles. The van der Waals surface area contributed by atoms with Gasteiger partial charge in [0.1, 0.15) is 11.8 Å². The lowest BCUT2D eigenvalue weighted by molar-refractivity contribution is -0.142. The SMILES string of the molecule is CC[C@H](C)NC(=O)[C@@H](C)N(Cc1ccccc1C)C(=O)COc1ccc(C(C)(C)C)cc1Br. The zero-order valence-corrected chi connectivity index (χ0v) is 22.5. The predicted octanol–water partition coefficient (Wildman–Crippen LogP) is 5.77. The normalized spacial score (nSPS) is 13.2. The number of nitrogens with zero attached hydrogens (tertiary/aromatic N) is 1. The molecular weight excluding hydrogens is 480 g/mol. The van der Waals surface area contributed by atoms with Crippen molar-refractivity contribution in [2.45, 2.75) is 78.9 Å². The Morgan fingerprint density at radius 3 is 2.36 bits per heavy atom. The number of hydrogen-bond acceptors (Lipinski definition) is 3. The van der Waals surface area contributed by atoms with Gasteiger partial charge in [-0.2, -0.15) is 0 Å². The quantitative estimate of drug-likeness (QED) is 0.460. The maximum Gasteiger partial charge on any atom is 0.261 e. The van der Waals surface area contributed by atoms with Gasteiger partial charge in [-0.05, 0) is 77.4 Å². The highest BCUT2D eigenvalue weighted by molar-refractivity contribution is 9.10. The molecule has 2 amide bonds. The van der Waals surface area contributed by atoms with E-state index in [2.05, 4.69) is 42.0 Å². The summed E-state index contributed by atoms with van der Waals surface area (Å²) in [5, 5.41) is 2.99. The Bertz CT molecular complexity index is 968. The average molecular weight is 518 g/mol. The van der Waals surface area contributed by atoms with Crippen molar-refractivity contribution in [2.75, 3.05) is 6.61 Å². The van der Waals surface area contributed by atoms with Crippen molar-refractivity contribution in [3.63, 3.8) is 0 Å². The lowest BCUT2D eigenvalue weighted by Crippen LogP contribution is -2.50. The van der Waals surface area contributed by atoms with E-state index in [1.807, 2.05) is 63.2 Å². The summed E-state index contributed by atoms with van der Waals surface area (Å²) in [6.45, 7) is 14.4. The molecule has 0 saturated carbocycles. The van der Waals surface area contributed by atoms with Gasteiger partial charge in [0.15, 0.2) is 6.61 Å². The summed E-state index contributed by atoms with van der Waals surface area (Å²) in [7, 11) is 0. The summed E-state index contributed by atoms with van der Waals surface area (Å²) < 4.78 is 6.68. The summed E-state index contributed by atoms with van der Waals surface area (Å²) in [6, 6.07) is 13.2. The molecular formula is C27H37BrN2O3. The summed E-state index contributed by atoms with van der Waals surface area (Å²) in [4.78, 5) is 27.7. The molecule has 0 aromatic heterocycles. The zero-order valence-electron chi connectivity index (χ0n) is 20.9. The second-order valence-corrected chi connectivity index (χ2v) is 10.5. The van der Waals surface area contributed by atoms with E-state index in [0.717, 1.165) is 22.0 Å². The van der Waals surface area contributed by atoms with E-state index in [0.29, 0.717) is 12.3 Å². The molecule has 0 aliphatic rings. The van der Waals surface area contributed by atoms with E-state index in [4.69, 9.17) is 4.74 Å². The number of amides is 2. The van der Waals surface area contributed by atoms with Gasteiger partial charge in [0.2, 0.25) is 5.91 Å². The van der Waals surface area contributed by atoms with Gasteiger partial charge in [-0.25, -0.2) is 0 Å². The third kappa shape index (κ3) is 7.60. The Morgan fingerprint density at radius 1 is 1.12 bits per heavy atom. The molecule has 0 bridgehead atoms. The Hall–Kier alpha value is -2.34. The van der Waals surface area contributed by atoms with Gasteiger partial charge < -0.3 is 15.0 Å². The number of aryl methyl sites for hydroxylation is 1. The van der Waals surface area contributed by atoms with Crippen LogP contribution in [0.1, 0.15) is 64.7 Å². The van der Waals surface area contributed by atoms with Gasteiger partial charge in [-0.1, -0.05) is 58.0 Å². The molecule has 6 heteroatoms. The Labute approximate surface area is 207 Å². The fraction of sp³-hybridized carbons (Fsp3) is 0.481. The number of rotatable bonds is 9. The monoisotopic (exact) mass is 516 g/mol. The number of carbonyl (C=O) groups is 2. The van der Waals surface area contributed by atoms with E-state index in [1.54, 1.807) is 11.8 Å². The number of benzene rings is 2. The molecule has 5 nitrogen and oxygen atoms in total. The van der Waals surface area contributed by atoms with Crippen LogP contribution in [-0.2, 0) is 21.5 Å². The number of hydrogen-bond donors (Lipinski definition) is 1. The number of ether oxygens (including phenoxy) is 1. The fourth-order valence-corrected chi connectivity index (χ4v) is 3.82. The van der Waals surface area contributed by atoms with Gasteiger partial charge in [0.25, 0.3) is 5.91 Å². The second kappa shape index (κ2) is 11.7. The van der Waals surface area contributed by atoms with Gasteiger partial charge in [-0.3, -0.25) is 9.59 Å². The minimum Gasteiger partial charge on any atom is -0.483 e. The first-order valence-corrected chi connectivity index (χ1v) is 12.3. The van der Waals surface area contributed by atoms with Crippen LogP contribution in [0.25, 0.3) is 0 Å². The number of nitrogens with one attached hydrogen (secondary N) is 1. The first-order chi connectivity index (χ1) is 15.4. The van der Waals surface area contributed by atoms with Crippen LogP contribution in [0, 0.1) is 6.92 Å². The summed E-state index contributed by atoms with van der Waals surface area (Å²) >= 11 is 3.56. The highest BCUT2D eigenvalue weighted by Gasteiger charge is 2.27. The van der Waals surface area contributed by atoms with E-state index in [-0.39, 0.29) is 29.9 Å². The van der Waals surface area contributed by atoms with Crippen molar-refractivity contribution in [3.8, 4) is 5.75 Å². The van der Waals surface area contributed by atoms with Crippen LogP contribution in [0.2, 0.25) is 0 Å². The molecule has 1 N–H and O–H groups in total. The molecule has 0 radical (unpaired) electrons. The molecule has 0 aliphatic carbocycles. The van der Waals surface area contributed by atoms with Crippen molar-refractivity contribution in [3.05, 3.63) is 63.6 Å². The maximum absolute atomic E-state index is 13.3. The van der Waals surface area contributed by atoms with Gasteiger partial charge >= 0.3 is 0 Å². The van der Waals surface area contributed by atoms with Crippen molar-refractivity contribution < 1.29 is 14.3 Å². The van der Waals surface area contributed by atoms with E-state index < -0.39 is 6.04 Å². The smallest absolute Gasteiger partial charge is 0.261 e. The highest BCUT2D eigenvalue weighted by Crippen LogP contribution is 2.31. The van der Waals surface area contributed by atoms with E-state index in [1.165, 1.54) is 5.56 Å². The third-order valence-corrected chi connectivity index (χ3v) is 6.54. The van der Waals surface area contributed by atoms with Gasteiger partial charge in [0.05, 0.1) is 4.47 Å². The Morgan fingerprint density at radius 2 is 1.79 bits per heavy atom. The number of halogens is 1. The van der Waals surface area contributed by atoms with E-state index >= 15 is 0 Å². The van der Waals surface area contributed by atoms with E-state index in [9.17, 15) is 9.59 Å². The first kappa shape index (κ1) is 26.9. The molecule has 33 heavy (non-hydrogen) atoms. The third-order valence-electron chi connectivity index (χ3n) is 5.92. The topological polar surface area (TPSA) is 58.6 Å². The first-order valence-electron chi connectivity index (χ1n) is 11.5. The van der Waals surface area contributed by atoms with Crippen LogP contribution in [0.4, 0.5) is 0 Å². The highest BCUT2D eigenvalue weighted by atomic mass is 79.9. The van der Waals surface area contributed by atoms with Crippen LogP contribution >= 0.6 is 15.9 Å². The predicted molar refractivity (Wildman–Crippen MR) is 137 cm³/mol. The second-order valence-electron chi connectivity index (χ2n) is 9.63. The molecule has 0 fully saturated rings. The number of carbonyl (C=O) groups excluding carboxylic acids is 2. The lowest BCUT2D eigenvalue weighted by atomic mass is 9.87. The summed E-state index contributed by atoms with van der Waals surface area (Å²) in [5.41, 5.74) is 3.26. The molecule has 0 spiro atoms. The molecule has 2 rings (SSSR count). The Kier molecular flexibility index (Phi) is 9.53. The van der Waals surface area contributed by atoms with Crippen molar-refractivity contribution in [1.29, 1.82) is 0 Å². The Balaban J connectivity index is 2.20. The minimum atomic E-state index is -0.624. The summed E-state index contributed by atoms with van der Waals surface area (Å²) in [6.07, 6.45) is 0.825. The van der Waals surface area contributed by atoms with Crippen LogP contribution < -0.4 is 10.1 Å². The minimum absolute atomic E-state index is 0.0135. The average Bonchev–Trinajstić information content (AvgIpc) is 2.76.